The van der Waals surface area contributed by atoms with Crippen LogP contribution in [0.25, 0.3) is 0 Å². The van der Waals surface area contributed by atoms with Crippen molar-refractivity contribution in [2.45, 2.75) is 26.8 Å². The van der Waals surface area contributed by atoms with E-state index in [9.17, 15) is 5.11 Å². The van der Waals surface area contributed by atoms with Gasteiger partial charge in [0.1, 0.15) is 5.75 Å². The molecule has 3 heteroatoms. The van der Waals surface area contributed by atoms with Crippen LogP contribution in [0.1, 0.15) is 29.7 Å². The molecule has 0 heterocycles. The van der Waals surface area contributed by atoms with Crippen LogP contribution < -0.4 is 5.32 Å². The van der Waals surface area contributed by atoms with Crippen LogP contribution in [-0.2, 0) is 0 Å². The topological polar surface area (TPSA) is 32.3 Å². The van der Waals surface area contributed by atoms with Gasteiger partial charge in [0.25, 0.3) is 0 Å². The van der Waals surface area contributed by atoms with Crippen LogP contribution in [0.2, 0.25) is 5.02 Å². The Morgan fingerprint density at radius 2 is 1.68 bits per heavy atom. The maximum absolute atomic E-state index is 9.93. The molecule has 0 amide bonds. The summed E-state index contributed by atoms with van der Waals surface area (Å²) in [5, 5.41) is 14.0. The molecular formula is C16H18ClNO. The zero-order valence-electron chi connectivity index (χ0n) is 11.4. The highest BCUT2D eigenvalue weighted by Crippen LogP contribution is 2.31. The third-order valence-electron chi connectivity index (χ3n) is 3.14. The highest BCUT2D eigenvalue weighted by Gasteiger charge is 2.12. The van der Waals surface area contributed by atoms with E-state index in [0.717, 1.165) is 22.4 Å². The molecule has 19 heavy (non-hydrogen) atoms. The Hall–Kier alpha value is -1.67. The van der Waals surface area contributed by atoms with Crippen molar-refractivity contribution < 1.29 is 5.11 Å². The predicted octanol–water partition coefficient (Wildman–Crippen LogP) is 4.84. The third-order valence-corrected chi connectivity index (χ3v) is 3.47. The van der Waals surface area contributed by atoms with Gasteiger partial charge < -0.3 is 10.4 Å². The number of halogens is 1. The molecule has 0 saturated heterocycles. The number of hydrogen-bond donors (Lipinski definition) is 2. The van der Waals surface area contributed by atoms with Gasteiger partial charge in [-0.15, -0.1) is 0 Å². The van der Waals surface area contributed by atoms with Gasteiger partial charge in [-0.25, -0.2) is 0 Å². The molecule has 0 aromatic heterocycles. The van der Waals surface area contributed by atoms with Crippen molar-refractivity contribution in [3.8, 4) is 5.75 Å². The van der Waals surface area contributed by atoms with Crippen LogP contribution in [0.3, 0.4) is 0 Å². The van der Waals surface area contributed by atoms with Crippen LogP contribution in [0.4, 0.5) is 5.69 Å². The van der Waals surface area contributed by atoms with E-state index in [1.807, 2.05) is 51.1 Å². The zero-order chi connectivity index (χ0) is 14.0. The normalized spacial score (nSPS) is 12.2. The molecule has 0 bridgehead atoms. The number of phenols is 1. The average molecular weight is 276 g/mol. The molecule has 1 unspecified atom stereocenters. The molecule has 2 rings (SSSR count). The van der Waals surface area contributed by atoms with Crippen LogP contribution >= 0.6 is 11.6 Å². The van der Waals surface area contributed by atoms with Crippen molar-refractivity contribution in [2.75, 3.05) is 5.32 Å². The fourth-order valence-electron chi connectivity index (χ4n) is 2.08. The fourth-order valence-corrected chi connectivity index (χ4v) is 2.25. The number of phenolic OH excluding ortho intramolecular Hbond substituents is 1. The number of anilines is 1. The molecule has 2 aromatic rings. The summed E-state index contributed by atoms with van der Waals surface area (Å²) in [6.07, 6.45) is 0. The van der Waals surface area contributed by atoms with Gasteiger partial charge >= 0.3 is 0 Å². The molecule has 100 valence electrons. The van der Waals surface area contributed by atoms with Gasteiger partial charge in [0.2, 0.25) is 0 Å². The Morgan fingerprint density at radius 1 is 1.05 bits per heavy atom. The zero-order valence-corrected chi connectivity index (χ0v) is 12.1. The van der Waals surface area contributed by atoms with Crippen LogP contribution in [0.15, 0.2) is 36.4 Å². The highest BCUT2D eigenvalue weighted by atomic mass is 35.5. The van der Waals surface area contributed by atoms with E-state index in [1.54, 1.807) is 6.07 Å². The average Bonchev–Trinajstić information content (AvgIpc) is 2.36. The molecule has 0 saturated carbocycles. The Morgan fingerprint density at radius 3 is 2.42 bits per heavy atom. The van der Waals surface area contributed by atoms with Crippen molar-refractivity contribution in [2.24, 2.45) is 0 Å². The van der Waals surface area contributed by atoms with Gasteiger partial charge in [-0.3, -0.25) is 0 Å². The molecular weight excluding hydrogens is 258 g/mol. The smallest absolute Gasteiger partial charge is 0.120 e. The van der Waals surface area contributed by atoms with Crippen molar-refractivity contribution in [3.05, 3.63) is 58.1 Å². The second kappa shape index (κ2) is 5.54. The predicted molar refractivity (Wildman–Crippen MR) is 81.1 cm³/mol. The summed E-state index contributed by atoms with van der Waals surface area (Å²) in [4.78, 5) is 0. The van der Waals surface area contributed by atoms with Gasteiger partial charge in [-0.05, 0) is 44.5 Å². The number of aryl methyl sites for hydroxylation is 2. The first-order valence-corrected chi connectivity index (χ1v) is 6.67. The van der Waals surface area contributed by atoms with Crippen LogP contribution in [0, 0.1) is 13.8 Å². The van der Waals surface area contributed by atoms with Gasteiger partial charge in [0.05, 0.1) is 16.8 Å². The Kier molecular flexibility index (Phi) is 4.01. The van der Waals surface area contributed by atoms with E-state index < -0.39 is 0 Å². The number of benzene rings is 2. The SMILES string of the molecule is Cc1ccc(Cl)c(NC(C)c2cc(C)ccc2O)c1. The monoisotopic (exact) mass is 275 g/mol. The molecule has 0 fully saturated rings. The van der Waals surface area contributed by atoms with Gasteiger partial charge in [0.15, 0.2) is 0 Å². The van der Waals surface area contributed by atoms with Crippen molar-refractivity contribution in [1.29, 1.82) is 0 Å². The first kappa shape index (κ1) is 13.8. The van der Waals surface area contributed by atoms with Crippen LogP contribution in [0.5, 0.6) is 5.75 Å². The van der Waals surface area contributed by atoms with E-state index in [2.05, 4.69) is 5.32 Å². The molecule has 1 atom stereocenters. The van der Waals surface area contributed by atoms with Gasteiger partial charge in [0, 0.05) is 5.56 Å². The number of nitrogens with one attached hydrogen (secondary N) is 1. The summed E-state index contributed by atoms with van der Waals surface area (Å²) in [5.74, 6) is 0.300. The molecule has 0 aliphatic heterocycles. The lowest BCUT2D eigenvalue weighted by molar-refractivity contribution is 0.465. The molecule has 0 radical (unpaired) electrons. The number of aromatic hydroxyl groups is 1. The molecule has 2 aromatic carbocycles. The van der Waals surface area contributed by atoms with E-state index in [-0.39, 0.29) is 6.04 Å². The summed E-state index contributed by atoms with van der Waals surface area (Å²) in [6.45, 7) is 6.04. The van der Waals surface area contributed by atoms with Crippen LogP contribution in [-0.4, -0.2) is 5.11 Å². The van der Waals surface area contributed by atoms with Crippen molar-refractivity contribution in [3.63, 3.8) is 0 Å². The van der Waals surface area contributed by atoms with Gasteiger partial charge in [-0.1, -0.05) is 35.4 Å². The second-order valence-corrected chi connectivity index (χ2v) is 5.32. The van der Waals surface area contributed by atoms with E-state index in [4.69, 9.17) is 11.6 Å². The lowest BCUT2D eigenvalue weighted by Crippen LogP contribution is -2.07. The quantitative estimate of drug-likeness (QED) is 0.840. The summed E-state index contributed by atoms with van der Waals surface area (Å²) in [5.41, 5.74) is 4.02. The Labute approximate surface area is 119 Å². The van der Waals surface area contributed by atoms with Gasteiger partial charge in [-0.2, -0.15) is 0 Å². The first-order valence-electron chi connectivity index (χ1n) is 6.29. The second-order valence-electron chi connectivity index (χ2n) is 4.91. The first-order chi connectivity index (χ1) is 8.97. The van der Waals surface area contributed by atoms with Crippen molar-refractivity contribution in [1.82, 2.24) is 0 Å². The number of hydrogen-bond acceptors (Lipinski definition) is 2. The summed E-state index contributed by atoms with van der Waals surface area (Å²) in [6, 6.07) is 11.4. The summed E-state index contributed by atoms with van der Waals surface area (Å²) in [7, 11) is 0. The summed E-state index contributed by atoms with van der Waals surface area (Å²) < 4.78 is 0. The molecule has 0 aliphatic carbocycles. The fraction of sp³-hybridized carbons (Fsp3) is 0.250. The number of rotatable bonds is 3. The van der Waals surface area contributed by atoms with E-state index in [0.29, 0.717) is 10.8 Å². The van der Waals surface area contributed by atoms with Crippen molar-refractivity contribution >= 4 is 17.3 Å². The Bertz CT molecular complexity index is 595. The lowest BCUT2D eigenvalue weighted by Gasteiger charge is -2.18. The maximum Gasteiger partial charge on any atom is 0.120 e. The largest absolute Gasteiger partial charge is 0.508 e. The Balaban J connectivity index is 2.27. The molecule has 2 nitrogen and oxygen atoms in total. The minimum atomic E-state index is -0.0146. The van der Waals surface area contributed by atoms with E-state index >= 15 is 0 Å². The standard InChI is InChI=1S/C16H18ClNO/c1-10-5-7-16(19)13(8-10)12(3)18-15-9-11(2)4-6-14(15)17/h4-9,12,18-19H,1-3H3. The van der Waals surface area contributed by atoms with E-state index in [1.165, 1.54) is 0 Å². The molecule has 0 spiro atoms. The third kappa shape index (κ3) is 3.21. The maximum atomic E-state index is 9.93. The summed E-state index contributed by atoms with van der Waals surface area (Å²) >= 11 is 6.17. The minimum absolute atomic E-state index is 0.0146. The minimum Gasteiger partial charge on any atom is -0.508 e. The lowest BCUT2D eigenvalue weighted by atomic mass is 10.0. The molecule has 0 aliphatic rings. The molecule has 2 N–H and O–H groups in total. The highest BCUT2D eigenvalue weighted by molar-refractivity contribution is 6.33.